The maximum Gasteiger partial charge on any atom is 0.201 e. The van der Waals surface area contributed by atoms with E-state index in [-0.39, 0.29) is 5.41 Å². The summed E-state index contributed by atoms with van der Waals surface area (Å²) in [6.07, 6.45) is 0. The number of benzene rings is 2. The fraction of sp³-hybridized carbons (Fsp3) is 0.400. The molecule has 1 heterocycles. The van der Waals surface area contributed by atoms with Crippen LogP contribution >= 0.6 is 11.3 Å². The quantitative estimate of drug-likeness (QED) is 0.496. The Balaban J connectivity index is 2.42. The summed E-state index contributed by atoms with van der Waals surface area (Å²) in [7, 11) is 8.33. The lowest BCUT2D eigenvalue weighted by Crippen LogP contribution is -2.21. The van der Waals surface area contributed by atoms with Crippen molar-refractivity contribution in [3.63, 3.8) is 0 Å². The van der Waals surface area contributed by atoms with E-state index < -0.39 is 0 Å². The van der Waals surface area contributed by atoms with Gasteiger partial charge in [-0.25, -0.2) is 9.56 Å². The Kier molecular flexibility index (Phi) is 4.12. The average Bonchev–Trinajstić information content (AvgIpc) is 2.50. The van der Waals surface area contributed by atoms with Crippen LogP contribution in [0, 0.1) is 0 Å². The largest absolute Gasteiger partial charge is 0.378 e. The summed E-state index contributed by atoms with van der Waals surface area (Å²) in [5.41, 5.74) is 4.79. The predicted molar refractivity (Wildman–Crippen MR) is 106 cm³/mol. The minimum atomic E-state index is 0.0568. The van der Waals surface area contributed by atoms with E-state index in [1.807, 2.05) is 11.3 Å². The van der Waals surface area contributed by atoms with Crippen LogP contribution in [0.4, 0.5) is 5.69 Å². The van der Waals surface area contributed by atoms with Crippen molar-refractivity contribution in [2.45, 2.75) is 26.2 Å². The standard InChI is InChI=1S/C20H26N3S/c1-20(2,3)15-10-14(23(6)7)12-18-19(15)21-16-9-8-13(22(4)5)11-17(16)24-18/h8-12H,1-7H3/q+1. The summed E-state index contributed by atoms with van der Waals surface area (Å²) < 4.78 is 3.38. The molecule has 1 aliphatic carbocycles. The highest BCUT2D eigenvalue weighted by Crippen LogP contribution is 2.38. The lowest BCUT2D eigenvalue weighted by molar-refractivity contribution is 0.595. The zero-order valence-electron chi connectivity index (χ0n) is 15.6. The van der Waals surface area contributed by atoms with Gasteiger partial charge in [-0.05, 0) is 29.2 Å². The molecule has 0 spiro atoms. The molecule has 3 rings (SSSR count). The number of hydrogen-bond donors (Lipinski definition) is 0. The van der Waals surface area contributed by atoms with Gasteiger partial charge in [0.05, 0.1) is 20.8 Å². The maximum absolute atomic E-state index is 5.02. The average molecular weight is 341 g/mol. The van der Waals surface area contributed by atoms with Crippen LogP contribution in [0.15, 0.2) is 30.3 Å². The Morgan fingerprint density at radius 2 is 1.75 bits per heavy atom. The first-order chi connectivity index (χ1) is 11.2. The van der Waals surface area contributed by atoms with Crippen LogP contribution < -0.4 is 14.8 Å². The van der Waals surface area contributed by atoms with E-state index in [1.54, 1.807) is 0 Å². The van der Waals surface area contributed by atoms with Gasteiger partial charge in [0.25, 0.3) is 0 Å². The number of aromatic nitrogens is 1. The van der Waals surface area contributed by atoms with Crippen LogP contribution in [0.3, 0.4) is 0 Å². The zero-order valence-corrected chi connectivity index (χ0v) is 16.5. The molecule has 0 saturated heterocycles. The highest BCUT2D eigenvalue weighted by molar-refractivity contribution is 7.21. The molecule has 0 amide bonds. The summed E-state index contributed by atoms with van der Waals surface area (Å²) >= 11 is 1.83. The monoisotopic (exact) mass is 340 g/mol. The molecule has 0 saturated carbocycles. The van der Waals surface area contributed by atoms with Gasteiger partial charge in [0.15, 0.2) is 0 Å². The van der Waals surface area contributed by atoms with Crippen LogP contribution in [0.25, 0.3) is 20.8 Å². The first-order valence-electron chi connectivity index (χ1n) is 8.23. The van der Waals surface area contributed by atoms with E-state index in [0.29, 0.717) is 0 Å². The van der Waals surface area contributed by atoms with E-state index in [9.17, 15) is 0 Å². The highest BCUT2D eigenvalue weighted by atomic mass is 32.1. The normalized spacial score (nSPS) is 12.0. The molecule has 0 radical (unpaired) electrons. The molecule has 0 N–H and O–H groups in total. The molecular formula is C20H26N3S+. The van der Waals surface area contributed by atoms with Gasteiger partial charge in [0.2, 0.25) is 5.36 Å². The number of fused-ring (bicyclic) bond motifs is 2. The van der Waals surface area contributed by atoms with E-state index in [4.69, 9.17) is 4.98 Å². The number of nitrogens with zero attached hydrogens (tertiary/aromatic N) is 3. The molecular weight excluding hydrogens is 314 g/mol. The van der Waals surface area contributed by atoms with Crippen LogP contribution in [0.1, 0.15) is 26.3 Å². The Bertz CT molecular complexity index is 941. The molecule has 1 aliphatic heterocycles. The molecule has 0 unspecified atom stereocenters. The fourth-order valence-corrected chi connectivity index (χ4v) is 3.88. The zero-order chi connectivity index (χ0) is 17.6. The van der Waals surface area contributed by atoms with E-state index in [1.165, 1.54) is 26.2 Å². The van der Waals surface area contributed by atoms with Crippen molar-refractivity contribution in [2.75, 3.05) is 33.1 Å². The molecule has 0 atom stereocenters. The minimum absolute atomic E-state index is 0.0568. The number of rotatable bonds is 1. The van der Waals surface area contributed by atoms with Crippen LogP contribution in [0.5, 0.6) is 0 Å². The Morgan fingerprint density at radius 1 is 1.04 bits per heavy atom. The Hall–Kier alpha value is -1.94. The van der Waals surface area contributed by atoms with Crippen LogP contribution in [0.2, 0.25) is 0 Å². The predicted octanol–water partition coefficient (Wildman–Crippen LogP) is 3.80. The molecule has 4 heteroatoms. The lowest BCUT2D eigenvalue weighted by atomic mass is 9.86. The topological polar surface area (TPSA) is 19.1 Å². The summed E-state index contributed by atoms with van der Waals surface area (Å²) in [5.74, 6) is 0. The van der Waals surface area contributed by atoms with Crippen molar-refractivity contribution < 1.29 is 0 Å². The third-order valence-electron chi connectivity index (χ3n) is 4.30. The van der Waals surface area contributed by atoms with Crippen LogP contribution in [-0.4, -0.2) is 33.2 Å². The Labute approximate surface area is 148 Å². The summed E-state index contributed by atoms with van der Waals surface area (Å²) in [6.45, 7) is 6.77. The molecule has 0 aromatic heterocycles. The van der Waals surface area contributed by atoms with E-state index in [2.05, 4.69) is 88.8 Å². The van der Waals surface area contributed by atoms with Gasteiger partial charge in [-0.1, -0.05) is 20.8 Å². The summed E-state index contributed by atoms with van der Waals surface area (Å²) in [6, 6.07) is 11.0. The first kappa shape index (κ1) is 16.9. The van der Waals surface area contributed by atoms with Crippen molar-refractivity contribution in [1.29, 1.82) is 0 Å². The fourth-order valence-electron chi connectivity index (χ4n) is 2.81. The van der Waals surface area contributed by atoms with Gasteiger partial charge in [-0.2, -0.15) is 0 Å². The number of hydrogen-bond acceptors (Lipinski definition) is 3. The SMILES string of the molecule is CN(C)c1cc(C(C)(C)C)c2nc3ccc(=[N+](C)C)cc-3sc2c1. The van der Waals surface area contributed by atoms with Crippen molar-refractivity contribution in [2.24, 2.45) is 0 Å². The van der Waals surface area contributed by atoms with Crippen molar-refractivity contribution in [3.05, 3.63) is 41.3 Å². The summed E-state index contributed by atoms with van der Waals surface area (Å²) in [5, 5.41) is 1.21. The molecule has 0 bridgehead atoms. The van der Waals surface area contributed by atoms with Gasteiger partial charge >= 0.3 is 0 Å². The van der Waals surface area contributed by atoms with Gasteiger partial charge in [-0.3, -0.25) is 0 Å². The molecule has 126 valence electrons. The first-order valence-corrected chi connectivity index (χ1v) is 9.05. The third kappa shape index (κ3) is 3.03. The van der Waals surface area contributed by atoms with Gasteiger partial charge < -0.3 is 4.90 Å². The second-order valence-electron chi connectivity index (χ2n) is 7.74. The number of anilines is 1. The van der Waals surface area contributed by atoms with Crippen molar-refractivity contribution in [3.8, 4) is 10.6 Å². The smallest absolute Gasteiger partial charge is 0.201 e. The van der Waals surface area contributed by atoms with Gasteiger partial charge in [-0.15, -0.1) is 11.3 Å². The molecule has 3 nitrogen and oxygen atoms in total. The van der Waals surface area contributed by atoms with Crippen molar-refractivity contribution >= 4 is 27.2 Å². The second-order valence-corrected chi connectivity index (χ2v) is 8.83. The maximum atomic E-state index is 5.02. The molecule has 2 aliphatic rings. The third-order valence-corrected chi connectivity index (χ3v) is 5.37. The lowest BCUT2D eigenvalue weighted by Gasteiger charge is -2.24. The highest BCUT2D eigenvalue weighted by Gasteiger charge is 2.21. The molecule has 0 fully saturated rings. The van der Waals surface area contributed by atoms with E-state index in [0.717, 1.165) is 11.2 Å². The summed E-state index contributed by atoms with van der Waals surface area (Å²) in [4.78, 5) is 8.41. The molecule has 1 aromatic rings. The van der Waals surface area contributed by atoms with Crippen molar-refractivity contribution in [1.82, 2.24) is 9.56 Å². The molecule has 24 heavy (non-hydrogen) atoms. The molecule has 1 aromatic carbocycles. The van der Waals surface area contributed by atoms with Gasteiger partial charge in [0.1, 0.15) is 14.1 Å². The minimum Gasteiger partial charge on any atom is -0.378 e. The van der Waals surface area contributed by atoms with Gasteiger partial charge in [0, 0.05) is 31.9 Å². The van der Waals surface area contributed by atoms with Crippen LogP contribution in [-0.2, 0) is 5.41 Å². The van der Waals surface area contributed by atoms with E-state index >= 15 is 0 Å². The Morgan fingerprint density at radius 3 is 2.33 bits per heavy atom. The second kappa shape index (κ2) is 5.85.